The lowest BCUT2D eigenvalue weighted by molar-refractivity contribution is 0.265. The lowest BCUT2D eigenvalue weighted by Crippen LogP contribution is -2.44. The van der Waals surface area contributed by atoms with Crippen LogP contribution in [0.5, 0.6) is 0 Å². The third-order valence-electron chi connectivity index (χ3n) is 3.83. The highest BCUT2D eigenvalue weighted by Crippen LogP contribution is 2.19. The molecule has 0 saturated carbocycles. The summed E-state index contributed by atoms with van der Waals surface area (Å²) in [5.74, 6) is 1.93. The van der Waals surface area contributed by atoms with Gasteiger partial charge in [-0.2, -0.15) is 0 Å². The van der Waals surface area contributed by atoms with Crippen molar-refractivity contribution in [3.8, 4) is 0 Å². The molecule has 2 atom stereocenters. The lowest BCUT2D eigenvalue weighted by Gasteiger charge is -2.22. The van der Waals surface area contributed by atoms with Gasteiger partial charge in [0.05, 0.1) is 30.4 Å². The molecule has 1 aliphatic rings. The maximum atomic E-state index is 11.6. The Bertz CT molecular complexity index is 617. The first-order chi connectivity index (χ1) is 10.9. The number of sulfone groups is 1. The van der Waals surface area contributed by atoms with Crippen LogP contribution in [0.3, 0.4) is 0 Å². The molecule has 1 aromatic rings. The quantitative estimate of drug-likeness (QED) is 0.370. The van der Waals surface area contributed by atoms with E-state index in [1.807, 2.05) is 38.1 Å². The zero-order chi connectivity index (χ0) is 16.9. The molecule has 1 aliphatic heterocycles. The molecule has 138 valence electrons. The number of nitrogens with zero attached hydrogens (tertiary/aromatic N) is 2. The first kappa shape index (κ1) is 21.2. The van der Waals surface area contributed by atoms with E-state index in [0.29, 0.717) is 18.9 Å². The third-order valence-corrected chi connectivity index (χ3v) is 5.60. The Morgan fingerprint density at radius 1 is 1.50 bits per heavy atom. The molecule has 0 radical (unpaired) electrons. The van der Waals surface area contributed by atoms with Gasteiger partial charge in [-0.1, -0.05) is 0 Å². The number of furan rings is 1. The molecular formula is C15H27IN4O3S. The molecule has 2 heterocycles. The Kier molecular flexibility index (Phi) is 8.51. The highest BCUT2D eigenvalue weighted by atomic mass is 127. The second-order valence-corrected chi connectivity index (χ2v) is 8.19. The predicted octanol–water partition coefficient (Wildman–Crippen LogP) is 1.24. The van der Waals surface area contributed by atoms with Crippen molar-refractivity contribution >= 4 is 39.8 Å². The van der Waals surface area contributed by atoms with Crippen molar-refractivity contribution in [2.24, 2.45) is 4.99 Å². The third kappa shape index (κ3) is 6.25. The summed E-state index contributed by atoms with van der Waals surface area (Å²) in [5.41, 5.74) is 0. The van der Waals surface area contributed by atoms with E-state index in [4.69, 9.17) is 4.42 Å². The number of halogens is 1. The first-order valence-electron chi connectivity index (χ1n) is 7.86. The minimum absolute atomic E-state index is 0. The molecule has 24 heavy (non-hydrogen) atoms. The fourth-order valence-corrected chi connectivity index (χ4v) is 4.26. The molecule has 2 unspecified atom stereocenters. The average Bonchev–Trinajstić information content (AvgIpc) is 3.09. The molecule has 9 heteroatoms. The van der Waals surface area contributed by atoms with E-state index in [-0.39, 0.29) is 47.6 Å². The van der Waals surface area contributed by atoms with Gasteiger partial charge in [-0.25, -0.2) is 8.42 Å². The number of aliphatic imine (C=N–C) groups is 1. The molecular weight excluding hydrogens is 443 g/mol. The highest BCUT2D eigenvalue weighted by molar-refractivity contribution is 14.0. The van der Waals surface area contributed by atoms with Crippen LogP contribution >= 0.6 is 24.0 Å². The Balaban J connectivity index is 0.00000288. The summed E-state index contributed by atoms with van der Waals surface area (Å²) in [6.07, 6.45) is 2.28. The number of rotatable bonds is 6. The van der Waals surface area contributed by atoms with E-state index < -0.39 is 9.84 Å². The van der Waals surface area contributed by atoms with E-state index in [9.17, 15) is 8.42 Å². The Hall–Kier alpha value is -0.810. The Morgan fingerprint density at radius 3 is 2.75 bits per heavy atom. The SMILES string of the molecule is CCNC(=NCC(c1ccco1)N(C)C)NC1CCS(=O)(=O)C1.I. The molecule has 0 spiro atoms. The minimum Gasteiger partial charge on any atom is -0.468 e. The molecule has 2 N–H and O–H groups in total. The van der Waals surface area contributed by atoms with Crippen LogP contribution in [0, 0.1) is 0 Å². The zero-order valence-corrected chi connectivity index (χ0v) is 17.5. The van der Waals surface area contributed by atoms with Gasteiger partial charge in [-0.15, -0.1) is 24.0 Å². The van der Waals surface area contributed by atoms with Crippen molar-refractivity contribution < 1.29 is 12.8 Å². The second kappa shape index (κ2) is 9.62. The molecule has 1 saturated heterocycles. The van der Waals surface area contributed by atoms with Crippen LogP contribution in [-0.4, -0.2) is 64.0 Å². The van der Waals surface area contributed by atoms with Crippen LogP contribution in [-0.2, 0) is 9.84 Å². The van der Waals surface area contributed by atoms with Gasteiger partial charge < -0.3 is 15.1 Å². The highest BCUT2D eigenvalue weighted by Gasteiger charge is 2.28. The fourth-order valence-electron chi connectivity index (χ4n) is 2.59. The summed E-state index contributed by atoms with van der Waals surface area (Å²) in [5, 5.41) is 6.39. The average molecular weight is 470 g/mol. The summed E-state index contributed by atoms with van der Waals surface area (Å²) in [6.45, 7) is 3.23. The van der Waals surface area contributed by atoms with E-state index in [1.54, 1.807) is 6.26 Å². The minimum atomic E-state index is -2.90. The maximum absolute atomic E-state index is 11.6. The molecule has 7 nitrogen and oxygen atoms in total. The largest absolute Gasteiger partial charge is 0.468 e. The number of likely N-dealkylation sites (N-methyl/N-ethyl adjacent to an activating group) is 1. The van der Waals surface area contributed by atoms with Gasteiger partial charge in [0, 0.05) is 12.6 Å². The molecule has 0 bridgehead atoms. The van der Waals surface area contributed by atoms with Gasteiger partial charge in [0.15, 0.2) is 15.8 Å². The van der Waals surface area contributed by atoms with Crippen molar-refractivity contribution in [1.82, 2.24) is 15.5 Å². The van der Waals surface area contributed by atoms with Gasteiger partial charge in [0.2, 0.25) is 0 Å². The van der Waals surface area contributed by atoms with E-state index in [1.165, 1.54) is 0 Å². The van der Waals surface area contributed by atoms with Gasteiger partial charge in [-0.05, 0) is 39.6 Å². The first-order valence-corrected chi connectivity index (χ1v) is 9.68. The second-order valence-electron chi connectivity index (χ2n) is 5.96. The van der Waals surface area contributed by atoms with Gasteiger partial charge in [0.1, 0.15) is 5.76 Å². The summed E-state index contributed by atoms with van der Waals surface area (Å²) >= 11 is 0. The van der Waals surface area contributed by atoms with Gasteiger partial charge in [-0.3, -0.25) is 9.89 Å². The Morgan fingerprint density at radius 2 is 2.25 bits per heavy atom. The number of hydrogen-bond acceptors (Lipinski definition) is 5. The molecule has 0 amide bonds. The number of nitrogens with one attached hydrogen (secondary N) is 2. The molecule has 2 rings (SSSR count). The summed E-state index contributed by atoms with van der Waals surface area (Å²) in [6, 6.07) is 3.76. The van der Waals surface area contributed by atoms with E-state index in [2.05, 4.69) is 15.6 Å². The van der Waals surface area contributed by atoms with Crippen molar-refractivity contribution in [2.75, 3.05) is 38.7 Å². The lowest BCUT2D eigenvalue weighted by atomic mass is 10.2. The topological polar surface area (TPSA) is 86.9 Å². The van der Waals surface area contributed by atoms with Crippen molar-refractivity contribution in [2.45, 2.75) is 25.4 Å². The molecule has 0 aromatic carbocycles. The number of guanidine groups is 1. The monoisotopic (exact) mass is 470 g/mol. The molecule has 1 fully saturated rings. The smallest absolute Gasteiger partial charge is 0.191 e. The van der Waals surface area contributed by atoms with Gasteiger partial charge >= 0.3 is 0 Å². The van der Waals surface area contributed by atoms with Crippen molar-refractivity contribution in [3.63, 3.8) is 0 Å². The fraction of sp³-hybridized carbons (Fsp3) is 0.667. The number of hydrogen-bond donors (Lipinski definition) is 2. The zero-order valence-electron chi connectivity index (χ0n) is 14.4. The van der Waals surface area contributed by atoms with Crippen LogP contribution in [0.25, 0.3) is 0 Å². The van der Waals surface area contributed by atoms with Crippen LogP contribution in [0.15, 0.2) is 27.8 Å². The molecule has 1 aromatic heterocycles. The summed E-state index contributed by atoms with van der Waals surface area (Å²) in [7, 11) is 1.05. The molecule has 0 aliphatic carbocycles. The van der Waals surface area contributed by atoms with Crippen LogP contribution < -0.4 is 10.6 Å². The van der Waals surface area contributed by atoms with Crippen LogP contribution in [0.2, 0.25) is 0 Å². The summed E-state index contributed by atoms with van der Waals surface area (Å²) < 4.78 is 28.6. The standard InChI is InChI=1S/C15H26N4O3S.HI/c1-4-16-15(18-12-7-9-23(20,21)11-12)17-10-13(19(2)3)14-6-5-8-22-14;/h5-6,8,12-13H,4,7,9-11H2,1-3H3,(H2,16,17,18);1H. The van der Waals surface area contributed by atoms with Crippen LogP contribution in [0.4, 0.5) is 0 Å². The van der Waals surface area contributed by atoms with E-state index in [0.717, 1.165) is 12.3 Å². The van der Waals surface area contributed by atoms with Crippen molar-refractivity contribution in [3.05, 3.63) is 24.2 Å². The Labute approximate surface area is 161 Å². The van der Waals surface area contributed by atoms with E-state index >= 15 is 0 Å². The van der Waals surface area contributed by atoms with Gasteiger partial charge in [0.25, 0.3) is 0 Å². The predicted molar refractivity (Wildman–Crippen MR) is 107 cm³/mol. The van der Waals surface area contributed by atoms with Crippen molar-refractivity contribution in [1.29, 1.82) is 0 Å². The van der Waals surface area contributed by atoms with Crippen LogP contribution in [0.1, 0.15) is 25.1 Å². The maximum Gasteiger partial charge on any atom is 0.191 e. The summed E-state index contributed by atoms with van der Waals surface area (Å²) in [4.78, 5) is 6.65. The normalized spacial score (nSPS) is 21.3.